The standard InChI is InChI=1S/C33H38N4O/c1-7-20-21(8-2)27-16-28-22(9-3)23(10-4)29(36-28)17-30-24(11-5)25(12-6)31(37-30)18-32-33(38)14-13-19(34-32)15-26(20)35-27/h13-18,34,38H,7-12H2,1-6H3. The van der Waals surface area contributed by atoms with Crippen LogP contribution in [0, 0.1) is 0 Å². The normalized spacial score (nSPS) is 20.8. The van der Waals surface area contributed by atoms with E-state index in [2.05, 4.69) is 65.1 Å². The van der Waals surface area contributed by atoms with Crippen LogP contribution >= 0.6 is 0 Å². The second kappa shape index (κ2) is 10.6. The molecule has 5 heteroatoms. The Balaban J connectivity index is 1.81. The van der Waals surface area contributed by atoms with Crippen molar-refractivity contribution in [3.05, 3.63) is 104 Å². The van der Waals surface area contributed by atoms with E-state index >= 15 is 0 Å². The van der Waals surface area contributed by atoms with Crippen molar-refractivity contribution >= 4 is 17.1 Å². The van der Waals surface area contributed by atoms with Crippen molar-refractivity contribution in [2.45, 2.75) is 80.1 Å². The van der Waals surface area contributed by atoms with Crippen LogP contribution in [0.2, 0.25) is 0 Å². The Hall–Kier alpha value is -3.73. The number of fused-ring (bicyclic) bond motifs is 5. The lowest BCUT2D eigenvalue weighted by molar-refractivity contribution is 0.421. The largest absolute Gasteiger partial charge is 0.506 e. The summed E-state index contributed by atoms with van der Waals surface area (Å²) in [7, 11) is 0. The summed E-state index contributed by atoms with van der Waals surface area (Å²) >= 11 is 0. The Morgan fingerprint density at radius 1 is 0.526 bits per heavy atom. The molecule has 196 valence electrons. The Bertz CT molecular complexity index is 1470. The molecule has 0 aromatic carbocycles. The molecule has 8 bridgehead atoms. The van der Waals surface area contributed by atoms with Gasteiger partial charge in [-0.1, -0.05) is 41.5 Å². The highest BCUT2D eigenvalue weighted by atomic mass is 16.3. The van der Waals surface area contributed by atoms with Crippen LogP contribution in [0.3, 0.4) is 0 Å². The van der Waals surface area contributed by atoms with Crippen molar-refractivity contribution < 1.29 is 5.11 Å². The summed E-state index contributed by atoms with van der Waals surface area (Å²) in [5.74, 6) is 0.203. The molecular formula is C33H38N4O. The Morgan fingerprint density at radius 3 is 1.34 bits per heavy atom. The second-order valence-corrected chi connectivity index (χ2v) is 9.93. The average molecular weight is 507 g/mol. The monoisotopic (exact) mass is 506 g/mol. The highest BCUT2D eigenvalue weighted by Gasteiger charge is 2.27. The minimum atomic E-state index is 0.203. The third-order valence-corrected chi connectivity index (χ3v) is 7.89. The lowest BCUT2D eigenvalue weighted by Gasteiger charge is -2.16. The first kappa shape index (κ1) is 25.9. The van der Waals surface area contributed by atoms with E-state index < -0.39 is 0 Å². The van der Waals surface area contributed by atoms with Crippen LogP contribution in [0.5, 0.6) is 0 Å². The van der Waals surface area contributed by atoms with Gasteiger partial charge in [-0.05, 0) is 108 Å². The Kier molecular flexibility index (Phi) is 7.20. The number of aliphatic imine (C=N–C) groups is 3. The predicted molar refractivity (Wildman–Crippen MR) is 159 cm³/mol. The summed E-state index contributed by atoms with van der Waals surface area (Å²) in [5.41, 5.74) is 15.0. The van der Waals surface area contributed by atoms with Gasteiger partial charge in [-0.15, -0.1) is 0 Å². The van der Waals surface area contributed by atoms with E-state index in [1.807, 2.05) is 12.2 Å². The molecule has 0 aliphatic carbocycles. The molecule has 0 unspecified atom stereocenters. The molecule has 0 aromatic rings. The zero-order valence-corrected chi connectivity index (χ0v) is 23.5. The van der Waals surface area contributed by atoms with Crippen LogP contribution < -0.4 is 5.32 Å². The van der Waals surface area contributed by atoms with E-state index in [4.69, 9.17) is 15.0 Å². The maximum absolute atomic E-state index is 10.7. The van der Waals surface area contributed by atoms with Crippen LogP contribution in [-0.4, -0.2) is 22.2 Å². The van der Waals surface area contributed by atoms with Crippen molar-refractivity contribution in [3.8, 4) is 0 Å². The quantitative estimate of drug-likeness (QED) is 0.381. The number of nitrogens with one attached hydrogen (secondary N) is 1. The van der Waals surface area contributed by atoms with E-state index in [9.17, 15) is 5.11 Å². The van der Waals surface area contributed by atoms with Gasteiger partial charge in [-0.25, -0.2) is 15.0 Å². The summed E-state index contributed by atoms with van der Waals surface area (Å²) < 4.78 is 0. The lowest BCUT2D eigenvalue weighted by Crippen LogP contribution is -2.17. The molecule has 0 radical (unpaired) electrons. The van der Waals surface area contributed by atoms with Gasteiger partial charge in [0.1, 0.15) is 5.76 Å². The highest BCUT2D eigenvalue weighted by molar-refractivity contribution is 6.18. The van der Waals surface area contributed by atoms with Crippen LogP contribution in [-0.2, 0) is 0 Å². The van der Waals surface area contributed by atoms with Crippen LogP contribution in [0.4, 0.5) is 0 Å². The Morgan fingerprint density at radius 2 is 0.921 bits per heavy atom. The molecular weight excluding hydrogens is 468 g/mol. The second-order valence-electron chi connectivity index (χ2n) is 9.93. The Labute approximate surface area is 226 Å². The van der Waals surface area contributed by atoms with Gasteiger partial charge in [0, 0.05) is 5.70 Å². The molecule has 5 aliphatic rings. The van der Waals surface area contributed by atoms with Crippen molar-refractivity contribution in [2.75, 3.05) is 0 Å². The van der Waals surface area contributed by atoms with Crippen LogP contribution in [0.1, 0.15) is 80.1 Å². The lowest BCUT2D eigenvalue weighted by atomic mass is 9.95. The molecule has 0 saturated carbocycles. The third kappa shape index (κ3) is 4.34. The molecule has 0 aromatic heterocycles. The van der Waals surface area contributed by atoms with Gasteiger partial charge in [0.2, 0.25) is 0 Å². The molecule has 5 rings (SSSR count). The molecule has 38 heavy (non-hydrogen) atoms. The number of dihydropyridines is 1. The summed E-state index contributed by atoms with van der Waals surface area (Å²) in [6, 6.07) is 0. The average Bonchev–Trinajstić information content (AvgIpc) is 3.54. The first-order valence-corrected chi connectivity index (χ1v) is 14.1. The topological polar surface area (TPSA) is 69.3 Å². The van der Waals surface area contributed by atoms with E-state index in [1.165, 1.54) is 33.4 Å². The van der Waals surface area contributed by atoms with Gasteiger partial charge in [0.25, 0.3) is 0 Å². The van der Waals surface area contributed by atoms with Gasteiger partial charge < -0.3 is 10.4 Å². The molecule has 0 spiro atoms. The molecule has 5 heterocycles. The smallest absolute Gasteiger partial charge is 0.139 e. The first-order chi connectivity index (χ1) is 18.5. The zero-order valence-electron chi connectivity index (χ0n) is 23.5. The SMILES string of the molecule is CCC1=C(CC)C2=NC1=CC1=NC(=CC3=NC(=CC4=C(O)C=CC(=C2)N4)C(CC)=C3CC)C(CC)=C1CC. The van der Waals surface area contributed by atoms with E-state index in [0.29, 0.717) is 5.70 Å². The van der Waals surface area contributed by atoms with Crippen molar-refractivity contribution in [1.82, 2.24) is 5.32 Å². The summed E-state index contributed by atoms with van der Waals surface area (Å²) in [6.45, 7) is 13.2. The number of allylic oxidation sites excluding steroid dienone is 12. The number of aliphatic hydroxyl groups excluding tert-OH is 1. The molecule has 0 fully saturated rings. The van der Waals surface area contributed by atoms with Gasteiger partial charge in [-0.3, -0.25) is 0 Å². The molecule has 2 N–H and O–H groups in total. The maximum Gasteiger partial charge on any atom is 0.139 e. The molecule has 5 nitrogen and oxygen atoms in total. The fraction of sp³-hybridized carbons (Fsp3) is 0.364. The fourth-order valence-corrected chi connectivity index (χ4v) is 6.06. The fourth-order valence-electron chi connectivity index (χ4n) is 6.06. The van der Waals surface area contributed by atoms with Gasteiger partial charge in [0.15, 0.2) is 0 Å². The summed E-state index contributed by atoms with van der Waals surface area (Å²) in [5, 5.41) is 14.2. The maximum atomic E-state index is 10.7. The number of hydrogen-bond donors (Lipinski definition) is 2. The molecule has 0 amide bonds. The third-order valence-electron chi connectivity index (χ3n) is 7.89. The highest BCUT2D eigenvalue weighted by Crippen LogP contribution is 2.38. The number of hydrogen-bond acceptors (Lipinski definition) is 5. The van der Waals surface area contributed by atoms with Crippen LogP contribution in [0.15, 0.2) is 119 Å². The molecule has 5 aliphatic heterocycles. The first-order valence-electron chi connectivity index (χ1n) is 14.1. The molecule has 0 atom stereocenters. The zero-order chi connectivity index (χ0) is 27.0. The van der Waals surface area contributed by atoms with Gasteiger partial charge in [-0.2, -0.15) is 0 Å². The number of rotatable bonds is 6. The number of aliphatic hydroxyl groups is 1. The van der Waals surface area contributed by atoms with E-state index in [-0.39, 0.29) is 5.76 Å². The van der Waals surface area contributed by atoms with E-state index in [1.54, 1.807) is 6.08 Å². The van der Waals surface area contributed by atoms with Crippen molar-refractivity contribution in [1.29, 1.82) is 0 Å². The minimum Gasteiger partial charge on any atom is -0.506 e. The van der Waals surface area contributed by atoms with Crippen molar-refractivity contribution in [3.63, 3.8) is 0 Å². The molecule has 0 saturated heterocycles. The van der Waals surface area contributed by atoms with E-state index in [0.717, 1.165) is 78.4 Å². The predicted octanol–water partition coefficient (Wildman–Crippen LogP) is 8.18. The summed E-state index contributed by atoms with van der Waals surface area (Å²) in [4.78, 5) is 15.4. The summed E-state index contributed by atoms with van der Waals surface area (Å²) in [6.07, 6.45) is 17.5. The van der Waals surface area contributed by atoms with Gasteiger partial charge >= 0.3 is 0 Å². The minimum absolute atomic E-state index is 0.203. The van der Waals surface area contributed by atoms with Gasteiger partial charge in [0.05, 0.1) is 39.9 Å². The number of nitrogens with zero attached hydrogens (tertiary/aromatic N) is 3. The van der Waals surface area contributed by atoms with Crippen molar-refractivity contribution in [2.24, 2.45) is 15.0 Å². The van der Waals surface area contributed by atoms with Crippen LogP contribution in [0.25, 0.3) is 0 Å².